The molecule has 1 aromatic rings. The van der Waals surface area contributed by atoms with Crippen molar-refractivity contribution in [2.45, 2.75) is 52.9 Å². The minimum absolute atomic E-state index is 0.00542. The Labute approximate surface area is 130 Å². The van der Waals surface area contributed by atoms with E-state index in [1.807, 2.05) is 13.8 Å². The van der Waals surface area contributed by atoms with Gasteiger partial charge in [0.15, 0.2) is 0 Å². The maximum Gasteiger partial charge on any atom is 0.251 e. The fourth-order valence-corrected chi connectivity index (χ4v) is 4.39. The highest BCUT2D eigenvalue weighted by Gasteiger charge is 2.28. The highest BCUT2D eigenvalue weighted by molar-refractivity contribution is 7.17. The third kappa shape index (κ3) is 3.28. The number of rotatable bonds is 5. The van der Waals surface area contributed by atoms with Crippen molar-refractivity contribution < 1.29 is 9.59 Å². The molecule has 1 aromatic heterocycles. The zero-order valence-corrected chi connectivity index (χ0v) is 13.8. The third-order valence-electron chi connectivity index (χ3n) is 4.35. The van der Waals surface area contributed by atoms with Crippen LogP contribution in [0.1, 0.15) is 60.8 Å². The lowest BCUT2D eigenvalue weighted by Gasteiger charge is -2.18. The summed E-state index contributed by atoms with van der Waals surface area (Å²) in [6.07, 6.45) is 4.53. The van der Waals surface area contributed by atoms with E-state index in [0.717, 1.165) is 37.7 Å². The first-order valence-electron chi connectivity index (χ1n) is 7.73. The van der Waals surface area contributed by atoms with Crippen LogP contribution in [0.15, 0.2) is 0 Å². The summed E-state index contributed by atoms with van der Waals surface area (Å²) in [7, 11) is 0. The minimum Gasteiger partial charge on any atom is -0.365 e. The van der Waals surface area contributed by atoms with E-state index in [-0.39, 0.29) is 11.8 Å². The number of nitrogens with two attached hydrogens (primary N) is 1. The summed E-state index contributed by atoms with van der Waals surface area (Å²) in [6.45, 7) is 6.22. The van der Waals surface area contributed by atoms with E-state index < -0.39 is 5.91 Å². The molecule has 0 aromatic carbocycles. The summed E-state index contributed by atoms with van der Waals surface area (Å²) in [5.41, 5.74) is 7.15. The molecular weight excluding hydrogens is 284 g/mol. The fraction of sp³-hybridized carbons (Fsp3) is 0.625. The van der Waals surface area contributed by atoms with Gasteiger partial charge in [-0.3, -0.25) is 9.59 Å². The summed E-state index contributed by atoms with van der Waals surface area (Å²) >= 11 is 1.53. The zero-order chi connectivity index (χ0) is 15.6. The molecule has 3 N–H and O–H groups in total. The first-order chi connectivity index (χ1) is 9.97. The number of amides is 2. The molecule has 21 heavy (non-hydrogen) atoms. The lowest BCUT2D eigenvalue weighted by molar-refractivity contribution is -0.120. The lowest BCUT2D eigenvalue weighted by atomic mass is 9.88. The van der Waals surface area contributed by atoms with E-state index in [1.165, 1.54) is 16.2 Å². The summed E-state index contributed by atoms with van der Waals surface area (Å²) < 4.78 is 0. The van der Waals surface area contributed by atoms with Crippen molar-refractivity contribution in [1.29, 1.82) is 0 Å². The van der Waals surface area contributed by atoms with Crippen molar-refractivity contribution in [3.05, 3.63) is 16.0 Å². The Balaban J connectivity index is 2.31. The summed E-state index contributed by atoms with van der Waals surface area (Å²) in [6, 6.07) is 0. The number of carbonyl (C=O) groups excluding carboxylic acids is 2. The molecule has 0 fully saturated rings. The summed E-state index contributed by atoms with van der Waals surface area (Å²) in [5.74, 6) is 0.180. The van der Waals surface area contributed by atoms with Gasteiger partial charge in [-0.05, 0) is 43.6 Å². The Morgan fingerprint density at radius 2 is 2.05 bits per heavy atom. The molecule has 5 heteroatoms. The van der Waals surface area contributed by atoms with Crippen LogP contribution in [-0.4, -0.2) is 11.8 Å². The molecule has 2 rings (SSSR count). The van der Waals surface area contributed by atoms with Crippen molar-refractivity contribution in [2.75, 3.05) is 5.32 Å². The van der Waals surface area contributed by atoms with Crippen LogP contribution >= 0.6 is 11.3 Å². The molecule has 0 bridgehead atoms. The average Bonchev–Trinajstić information content (AvgIpc) is 2.76. The van der Waals surface area contributed by atoms with Crippen molar-refractivity contribution in [3.8, 4) is 0 Å². The number of hydrogen-bond acceptors (Lipinski definition) is 3. The number of fused-ring (bicyclic) bond motifs is 1. The van der Waals surface area contributed by atoms with Gasteiger partial charge in [0.2, 0.25) is 5.91 Å². The van der Waals surface area contributed by atoms with Gasteiger partial charge in [-0.15, -0.1) is 11.3 Å². The largest absolute Gasteiger partial charge is 0.365 e. The van der Waals surface area contributed by atoms with Gasteiger partial charge in [-0.1, -0.05) is 20.8 Å². The van der Waals surface area contributed by atoms with Gasteiger partial charge in [0.1, 0.15) is 5.00 Å². The van der Waals surface area contributed by atoms with Crippen LogP contribution in [0.5, 0.6) is 0 Å². The highest BCUT2D eigenvalue weighted by Crippen LogP contribution is 2.39. The smallest absolute Gasteiger partial charge is 0.251 e. The molecule has 0 saturated carbocycles. The second kappa shape index (κ2) is 6.60. The fourth-order valence-electron chi connectivity index (χ4n) is 2.97. The van der Waals surface area contributed by atoms with E-state index in [2.05, 4.69) is 12.2 Å². The number of thiophene rings is 1. The molecule has 2 amide bonds. The van der Waals surface area contributed by atoms with Crippen molar-refractivity contribution >= 4 is 28.2 Å². The second-order valence-electron chi connectivity index (χ2n) is 5.92. The van der Waals surface area contributed by atoms with Crippen LogP contribution in [-0.2, 0) is 17.6 Å². The average molecular weight is 308 g/mol. The Hall–Kier alpha value is -1.36. The second-order valence-corrected chi connectivity index (χ2v) is 7.03. The van der Waals surface area contributed by atoms with Crippen LogP contribution in [0.3, 0.4) is 0 Å². The molecule has 116 valence electrons. The Morgan fingerprint density at radius 1 is 1.38 bits per heavy atom. The predicted molar refractivity (Wildman–Crippen MR) is 86.7 cm³/mol. The molecule has 1 atom stereocenters. The zero-order valence-electron chi connectivity index (χ0n) is 13.0. The van der Waals surface area contributed by atoms with E-state index >= 15 is 0 Å². The molecule has 1 aliphatic carbocycles. The van der Waals surface area contributed by atoms with Crippen LogP contribution < -0.4 is 11.1 Å². The van der Waals surface area contributed by atoms with E-state index in [1.54, 1.807) is 0 Å². The van der Waals surface area contributed by atoms with E-state index in [4.69, 9.17) is 5.73 Å². The van der Waals surface area contributed by atoms with Crippen molar-refractivity contribution in [2.24, 2.45) is 17.6 Å². The van der Waals surface area contributed by atoms with E-state index in [0.29, 0.717) is 16.5 Å². The molecule has 0 spiro atoms. The Morgan fingerprint density at radius 3 is 2.62 bits per heavy atom. The van der Waals surface area contributed by atoms with Crippen LogP contribution in [0.4, 0.5) is 5.00 Å². The van der Waals surface area contributed by atoms with Gasteiger partial charge < -0.3 is 11.1 Å². The summed E-state index contributed by atoms with van der Waals surface area (Å²) in [5, 5.41) is 3.60. The quantitative estimate of drug-likeness (QED) is 0.875. The Kier molecular flexibility index (Phi) is 5.04. The van der Waals surface area contributed by atoms with Gasteiger partial charge >= 0.3 is 0 Å². The van der Waals surface area contributed by atoms with Gasteiger partial charge in [0.25, 0.3) is 5.91 Å². The van der Waals surface area contributed by atoms with Crippen LogP contribution in [0.2, 0.25) is 0 Å². The molecule has 4 nitrogen and oxygen atoms in total. The lowest BCUT2D eigenvalue weighted by Crippen LogP contribution is -2.23. The molecule has 0 aliphatic heterocycles. The van der Waals surface area contributed by atoms with Gasteiger partial charge in [-0.25, -0.2) is 0 Å². The number of hydrogen-bond donors (Lipinski definition) is 2. The third-order valence-corrected chi connectivity index (χ3v) is 5.52. The molecule has 1 aliphatic rings. The van der Waals surface area contributed by atoms with Gasteiger partial charge in [-0.2, -0.15) is 0 Å². The highest BCUT2D eigenvalue weighted by atomic mass is 32.1. The molecule has 0 radical (unpaired) electrons. The molecule has 1 heterocycles. The predicted octanol–water partition coefficient (Wildman–Crippen LogP) is 3.35. The monoisotopic (exact) mass is 308 g/mol. The van der Waals surface area contributed by atoms with Crippen molar-refractivity contribution in [1.82, 2.24) is 0 Å². The SMILES string of the molecule is CCC(CC)C(=O)Nc1sc2c(c1C(N)=O)CC[C@H](C)C2. The standard InChI is InChI=1S/C16H24N2O2S/c1-4-10(5-2)15(20)18-16-13(14(17)19)11-7-6-9(3)8-12(11)21-16/h9-10H,4-8H2,1-3H3,(H2,17,19)(H,18,20)/t9-/m0/s1. The topological polar surface area (TPSA) is 72.2 Å². The first-order valence-corrected chi connectivity index (χ1v) is 8.54. The number of primary amides is 1. The first kappa shape index (κ1) is 16.0. The van der Waals surface area contributed by atoms with E-state index in [9.17, 15) is 9.59 Å². The minimum atomic E-state index is -0.429. The van der Waals surface area contributed by atoms with Crippen LogP contribution in [0.25, 0.3) is 0 Å². The Bertz CT molecular complexity index is 547. The number of nitrogens with one attached hydrogen (secondary N) is 1. The number of carbonyl (C=O) groups is 2. The van der Waals surface area contributed by atoms with Gasteiger partial charge in [0, 0.05) is 10.8 Å². The van der Waals surface area contributed by atoms with Crippen LogP contribution in [0, 0.1) is 11.8 Å². The molecule has 0 unspecified atom stereocenters. The summed E-state index contributed by atoms with van der Waals surface area (Å²) in [4.78, 5) is 25.3. The van der Waals surface area contributed by atoms with Crippen molar-refractivity contribution in [3.63, 3.8) is 0 Å². The number of anilines is 1. The molecule has 0 saturated heterocycles. The molecular formula is C16H24N2O2S. The maximum absolute atomic E-state index is 12.3. The normalized spacial score (nSPS) is 17.6. The maximum atomic E-state index is 12.3. The van der Waals surface area contributed by atoms with Gasteiger partial charge in [0.05, 0.1) is 5.56 Å².